The number of carbonyl (C=O) groups excluding carboxylic acids is 3. The van der Waals surface area contributed by atoms with Crippen LogP contribution in [-0.2, 0) is 23.0 Å². The Labute approximate surface area is 198 Å². The summed E-state index contributed by atoms with van der Waals surface area (Å²) in [6.45, 7) is 5.23. The van der Waals surface area contributed by atoms with Gasteiger partial charge in [-0.25, -0.2) is 4.79 Å². The Hall–Kier alpha value is -4.01. The molecule has 3 rings (SSSR count). The molecule has 9 nitrogen and oxygen atoms in total. The van der Waals surface area contributed by atoms with Crippen molar-refractivity contribution >= 4 is 34.5 Å². The molecule has 0 saturated carbocycles. The summed E-state index contributed by atoms with van der Waals surface area (Å²) >= 11 is 0. The van der Waals surface area contributed by atoms with Crippen LogP contribution in [0.15, 0.2) is 48.7 Å². The second-order valence-corrected chi connectivity index (χ2v) is 8.95. The van der Waals surface area contributed by atoms with Crippen molar-refractivity contribution in [3.63, 3.8) is 0 Å². The van der Waals surface area contributed by atoms with Crippen LogP contribution in [0, 0.1) is 0 Å². The summed E-state index contributed by atoms with van der Waals surface area (Å²) in [4.78, 5) is 37.5. The second kappa shape index (κ2) is 9.86. The lowest BCUT2D eigenvalue weighted by Gasteiger charge is -2.23. The molecule has 2 aromatic carbocycles. The predicted molar refractivity (Wildman–Crippen MR) is 130 cm³/mol. The van der Waals surface area contributed by atoms with Gasteiger partial charge in [-0.05, 0) is 50.6 Å². The fraction of sp³-hybridized carbons (Fsp3) is 0.320. The van der Waals surface area contributed by atoms with E-state index in [0.717, 1.165) is 16.5 Å². The minimum atomic E-state index is -0.970. The minimum absolute atomic E-state index is 0.210. The number of rotatable bonds is 7. The number of para-hydroxylation sites is 1. The fourth-order valence-corrected chi connectivity index (χ4v) is 3.65. The first kappa shape index (κ1) is 24.6. The van der Waals surface area contributed by atoms with Crippen LogP contribution in [0.1, 0.15) is 36.7 Å². The highest BCUT2D eigenvalue weighted by molar-refractivity contribution is 6.00. The Morgan fingerprint density at radius 1 is 1.12 bits per heavy atom. The van der Waals surface area contributed by atoms with Crippen LogP contribution in [0.3, 0.4) is 0 Å². The topological polar surface area (TPSA) is 125 Å². The van der Waals surface area contributed by atoms with E-state index in [9.17, 15) is 14.4 Å². The molecule has 1 atom stereocenters. The van der Waals surface area contributed by atoms with Gasteiger partial charge in [0.1, 0.15) is 17.4 Å². The number of benzene rings is 2. The first-order chi connectivity index (χ1) is 16.0. The van der Waals surface area contributed by atoms with Gasteiger partial charge in [0.15, 0.2) is 0 Å². The molecule has 3 amide bonds. The largest absolute Gasteiger partial charge is 0.495 e. The molecule has 3 aromatic rings. The standard InChI is InChI=1S/C25H30N4O5/c1-25(2,3)34-24(32)28-19(13-16-14-29(4)20-9-7-6-8-17(16)20)23(31)27-18-12-15(22(26)30)10-11-21(18)33-5/h6-12,14,19H,13H2,1-5H3,(H2,26,30)(H,27,31)(H,28,32). The molecule has 0 spiro atoms. The van der Waals surface area contributed by atoms with Crippen LogP contribution in [0.25, 0.3) is 10.9 Å². The number of hydrogen-bond acceptors (Lipinski definition) is 5. The van der Waals surface area contributed by atoms with Gasteiger partial charge in [0.25, 0.3) is 0 Å². The molecular formula is C25H30N4O5. The number of ether oxygens (including phenoxy) is 2. The summed E-state index contributed by atoms with van der Waals surface area (Å²) < 4.78 is 12.6. The number of aryl methyl sites for hydroxylation is 1. The van der Waals surface area contributed by atoms with E-state index in [1.54, 1.807) is 20.8 Å². The number of primary amides is 1. The molecule has 0 saturated heterocycles. The fourth-order valence-electron chi connectivity index (χ4n) is 3.65. The average molecular weight is 467 g/mol. The Bertz CT molecular complexity index is 1230. The van der Waals surface area contributed by atoms with Gasteiger partial charge < -0.3 is 30.4 Å². The number of aromatic nitrogens is 1. The van der Waals surface area contributed by atoms with Crippen molar-refractivity contribution in [2.45, 2.75) is 38.8 Å². The number of carbonyl (C=O) groups is 3. The van der Waals surface area contributed by atoms with E-state index < -0.39 is 29.6 Å². The molecule has 0 fully saturated rings. The Morgan fingerprint density at radius 3 is 2.47 bits per heavy atom. The highest BCUT2D eigenvalue weighted by Gasteiger charge is 2.27. The van der Waals surface area contributed by atoms with E-state index in [-0.39, 0.29) is 17.7 Å². The van der Waals surface area contributed by atoms with Crippen LogP contribution in [0.4, 0.5) is 10.5 Å². The van der Waals surface area contributed by atoms with Crippen molar-refractivity contribution in [3.8, 4) is 5.75 Å². The zero-order chi connectivity index (χ0) is 25.0. The third kappa shape index (κ3) is 5.86. The third-order valence-electron chi connectivity index (χ3n) is 5.15. The van der Waals surface area contributed by atoms with Crippen molar-refractivity contribution in [2.24, 2.45) is 12.8 Å². The summed E-state index contributed by atoms with van der Waals surface area (Å²) in [6, 6.07) is 11.3. The van der Waals surface area contributed by atoms with E-state index in [1.807, 2.05) is 42.1 Å². The lowest BCUT2D eigenvalue weighted by atomic mass is 10.0. The molecule has 1 unspecified atom stereocenters. The number of anilines is 1. The zero-order valence-corrected chi connectivity index (χ0v) is 20.0. The lowest BCUT2D eigenvalue weighted by molar-refractivity contribution is -0.118. The third-order valence-corrected chi connectivity index (χ3v) is 5.15. The van der Waals surface area contributed by atoms with E-state index in [2.05, 4.69) is 10.6 Å². The summed E-state index contributed by atoms with van der Waals surface area (Å²) in [7, 11) is 3.36. The number of methoxy groups -OCH3 is 1. The summed E-state index contributed by atoms with van der Waals surface area (Å²) in [5.41, 5.74) is 7.00. The molecule has 4 N–H and O–H groups in total. The molecule has 1 aromatic heterocycles. The molecule has 34 heavy (non-hydrogen) atoms. The van der Waals surface area contributed by atoms with Gasteiger partial charge in [-0.15, -0.1) is 0 Å². The maximum Gasteiger partial charge on any atom is 0.408 e. The van der Waals surface area contributed by atoms with Gasteiger partial charge >= 0.3 is 6.09 Å². The molecule has 0 radical (unpaired) electrons. The van der Waals surface area contributed by atoms with Crippen LogP contribution in [-0.4, -0.2) is 41.2 Å². The molecule has 1 heterocycles. The van der Waals surface area contributed by atoms with Crippen molar-refractivity contribution in [1.82, 2.24) is 9.88 Å². The monoisotopic (exact) mass is 466 g/mol. The van der Waals surface area contributed by atoms with Crippen LogP contribution in [0.5, 0.6) is 5.75 Å². The van der Waals surface area contributed by atoms with E-state index in [0.29, 0.717) is 5.75 Å². The van der Waals surface area contributed by atoms with E-state index >= 15 is 0 Å². The number of fused-ring (bicyclic) bond motifs is 1. The summed E-state index contributed by atoms with van der Waals surface area (Å²) in [5, 5.41) is 6.40. The maximum absolute atomic E-state index is 13.4. The SMILES string of the molecule is COc1ccc(C(N)=O)cc1NC(=O)C(Cc1cn(C)c2ccccc12)NC(=O)OC(C)(C)C. The first-order valence-electron chi connectivity index (χ1n) is 10.8. The van der Waals surface area contributed by atoms with Gasteiger partial charge in [0.2, 0.25) is 11.8 Å². The Morgan fingerprint density at radius 2 is 1.82 bits per heavy atom. The van der Waals surface area contributed by atoms with Gasteiger partial charge in [-0.3, -0.25) is 9.59 Å². The molecule has 9 heteroatoms. The predicted octanol–water partition coefficient (Wildman–Crippen LogP) is 3.36. The summed E-state index contributed by atoms with van der Waals surface area (Å²) in [5.74, 6) is -0.796. The van der Waals surface area contributed by atoms with Gasteiger partial charge in [-0.1, -0.05) is 18.2 Å². The van der Waals surface area contributed by atoms with Crippen LogP contribution in [0.2, 0.25) is 0 Å². The van der Waals surface area contributed by atoms with Crippen molar-refractivity contribution in [1.29, 1.82) is 0 Å². The Kier molecular flexibility index (Phi) is 7.14. The second-order valence-electron chi connectivity index (χ2n) is 8.95. The van der Waals surface area contributed by atoms with Crippen LogP contribution >= 0.6 is 0 Å². The van der Waals surface area contributed by atoms with Gasteiger partial charge in [0, 0.05) is 36.1 Å². The maximum atomic E-state index is 13.4. The first-order valence-corrected chi connectivity index (χ1v) is 10.8. The molecule has 0 aliphatic carbocycles. The molecular weight excluding hydrogens is 436 g/mol. The normalized spacial score (nSPS) is 12.1. The Balaban J connectivity index is 1.93. The molecule has 0 bridgehead atoms. The van der Waals surface area contributed by atoms with E-state index in [4.69, 9.17) is 15.2 Å². The number of alkyl carbamates (subject to hydrolysis) is 1. The van der Waals surface area contributed by atoms with Crippen LogP contribution < -0.4 is 21.1 Å². The van der Waals surface area contributed by atoms with Gasteiger partial charge in [0.05, 0.1) is 12.8 Å². The number of nitrogens with two attached hydrogens (primary N) is 1. The number of hydrogen-bond donors (Lipinski definition) is 3. The smallest absolute Gasteiger partial charge is 0.408 e. The number of nitrogens with one attached hydrogen (secondary N) is 2. The van der Waals surface area contributed by atoms with Crippen molar-refractivity contribution < 1.29 is 23.9 Å². The minimum Gasteiger partial charge on any atom is -0.495 e. The highest BCUT2D eigenvalue weighted by Crippen LogP contribution is 2.27. The lowest BCUT2D eigenvalue weighted by Crippen LogP contribution is -2.47. The molecule has 0 aliphatic heterocycles. The van der Waals surface area contributed by atoms with Crippen molar-refractivity contribution in [2.75, 3.05) is 12.4 Å². The molecule has 180 valence electrons. The zero-order valence-electron chi connectivity index (χ0n) is 20.0. The highest BCUT2D eigenvalue weighted by atomic mass is 16.6. The number of amides is 3. The number of nitrogens with zero attached hydrogens (tertiary/aromatic N) is 1. The average Bonchev–Trinajstić information content (AvgIpc) is 3.07. The summed E-state index contributed by atoms with van der Waals surface area (Å²) in [6.07, 6.45) is 1.42. The quantitative estimate of drug-likeness (QED) is 0.492. The van der Waals surface area contributed by atoms with Crippen molar-refractivity contribution in [3.05, 3.63) is 59.8 Å². The molecule has 0 aliphatic rings. The van der Waals surface area contributed by atoms with Gasteiger partial charge in [-0.2, -0.15) is 0 Å². The van der Waals surface area contributed by atoms with E-state index in [1.165, 1.54) is 25.3 Å².